The van der Waals surface area contributed by atoms with Crippen molar-refractivity contribution in [3.05, 3.63) is 60.2 Å². The first-order valence-electron chi connectivity index (χ1n) is 6.10. The van der Waals surface area contributed by atoms with Crippen molar-refractivity contribution in [1.29, 1.82) is 0 Å². The third-order valence-corrected chi connectivity index (χ3v) is 2.87. The van der Waals surface area contributed by atoms with Gasteiger partial charge in [0.25, 0.3) is 5.91 Å². The number of ether oxygens (including phenoxy) is 1. The van der Waals surface area contributed by atoms with E-state index in [-0.39, 0.29) is 0 Å². The molecular formula is C16H15NO3. The second kappa shape index (κ2) is 6.54. The lowest BCUT2D eigenvalue weighted by atomic mass is 9.99. The molecule has 0 aliphatic rings. The van der Waals surface area contributed by atoms with E-state index in [4.69, 9.17) is 9.94 Å². The van der Waals surface area contributed by atoms with Crippen molar-refractivity contribution in [2.24, 2.45) is 0 Å². The van der Waals surface area contributed by atoms with E-state index in [2.05, 4.69) is 0 Å². The number of carbonyl (C=O) groups is 1. The zero-order valence-electron chi connectivity index (χ0n) is 11.0. The highest BCUT2D eigenvalue weighted by molar-refractivity contribution is 5.92. The Kier molecular flexibility index (Phi) is 4.52. The third-order valence-electron chi connectivity index (χ3n) is 2.87. The minimum atomic E-state index is -0.570. The average molecular weight is 269 g/mol. The molecule has 1 amide bonds. The molecule has 0 spiro atoms. The fourth-order valence-electron chi connectivity index (χ4n) is 1.88. The number of nitrogens with one attached hydrogen (secondary N) is 1. The first-order valence-corrected chi connectivity index (χ1v) is 6.10. The molecule has 0 heterocycles. The van der Waals surface area contributed by atoms with Gasteiger partial charge in [0.05, 0.1) is 7.11 Å². The van der Waals surface area contributed by atoms with Crippen LogP contribution in [0.2, 0.25) is 0 Å². The predicted molar refractivity (Wildman–Crippen MR) is 77.4 cm³/mol. The van der Waals surface area contributed by atoms with Gasteiger partial charge in [0.1, 0.15) is 5.75 Å². The van der Waals surface area contributed by atoms with Gasteiger partial charge < -0.3 is 4.74 Å². The quantitative estimate of drug-likeness (QED) is 0.510. The molecule has 0 saturated heterocycles. The summed E-state index contributed by atoms with van der Waals surface area (Å²) < 4.78 is 5.23. The molecule has 102 valence electrons. The highest BCUT2D eigenvalue weighted by Gasteiger charge is 2.05. The van der Waals surface area contributed by atoms with Gasteiger partial charge in [-0.3, -0.25) is 10.0 Å². The molecule has 2 aromatic rings. The first kappa shape index (κ1) is 13.8. The summed E-state index contributed by atoms with van der Waals surface area (Å²) in [6.07, 6.45) is 2.92. The zero-order valence-corrected chi connectivity index (χ0v) is 11.0. The lowest BCUT2D eigenvalue weighted by molar-refractivity contribution is -0.124. The van der Waals surface area contributed by atoms with Gasteiger partial charge in [0.15, 0.2) is 0 Å². The van der Waals surface area contributed by atoms with E-state index in [1.54, 1.807) is 18.7 Å². The number of amides is 1. The average Bonchev–Trinajstić information content (AvgIpc) is 2.53. The number of hydrogen-bond acceptors (Lipinski definition) is 3. The van der Waals surface area contributed by atoms with Crippen molar-refractivity contribution in [3.63, 3.8) is 0 Å². The van der Waals surface area contributed by atoms with E-state index < -0.39 is 5.91 Å². The van der Waals surface area contributed by atoms with Gasteiger partial charge in [-0.05, 0) is 34.9 Å². The summed E-state index contributed by atoms with van der Waals surface area (Å²) in [6.45, 7) is 0. The van der Waals surface area contributed by atoms with Gasteiger partial charge in [-0.25, -0.2) is 5.48 Å². The molecule has 4 nitrogen and oxygen atoms in total. The Hall–Kier alpha value is -2.59. The first-order chi connectivity index (χ1) is 9.74. The Morgan fingerprint density at radius 1 is 1.20 bits per heavy atom. The third kappa shape index (κ3) is 3.24. The topological polar surface area (TPSA) is 58.6 Å². The van der Waals surface area contributed by atoms with Crippen molar-refractivity contribution in [3.8, 4) is 16.9 Å². The van der Waals surface area contributed by atoms with Crippen molar-refractivity contribution >= 4 is 12.0 Å². The molecule has 2 N–H and O–H groups in total. The van der Waals surface area contributed by atoms with Crippen LogP contribution in [0.3, 0.4) is 0 Å². The summed E-state index contributed by atoms with van der Waals surface area (Å²) in [6, 6.07) is 15.4. The molecule has 4 heteroatoms. The van der Waals surface area contributed by atoms with Crippen LogP contribution >= 0.6 is 0 Å². The van der Waals surface area contributed by atoms with Gasteiger partial charge in [-0.15, -0.1) is 0 Å². The van der Waals surface area contributed by atoms with Crippen LogP contribution in [0.15, 0.2) is 54.6 Å². The zero-order chi connectivity index (χ0) is 14.4. The maximum atomic E-state index is 11.1. The molecule has 0 atom stereocenters. The number of carbonyl (C=O) groups excluding carboxylic acids is 1. The summed E-state index contributed by atoms with van der Waals surface area (Å²) in [5.41, 5.74) is 4.40. The molecule has 20 heavy (non-hydrogen) atoms. The molecule has 0 aliphatic heterocycles. The molecule has 0 fully saturated rings. The van der Waals surface area contributed by atoms with Crippen LogP contribution in [0.25, 0.3) is 17.2 Å². The minimum absolute atomic E-state index is 0.570. The largest absolute Gasteiger partial charge is 0.497 e. The number of methoxy groups -OCH3 is 1. The van der Waals surface area contributed by atoms with Crippen LogP contribution in [0.4, 0.5) is 0 Å². The van der Waals surface area contributed by atoms with Gasteiger partial charge in [0.2, 0.25) is 0 Å². The minimum Gasteiger partial charge on any atom is -0.497 e. The Morgan fingerprint density at radius 2 is 1.95 bits per heavy atom. The van der Waals surface area contributed by atoms with E-state index in [0.717, 1.165) is 22.4 Å². The number of hydrogen-bond donors (Lipinski definition) is 2. The van der Waals surface area contributed by atoms with Crippen LogP contribution in [0.5, 0.6) is 5.75 Å². The number of benzene rings is 2. The monoisotopic (exact) mass is 269 g/mol. The summed E-state index contributed by atoms with van der Waals surface area (Å²) in [5, 5.41) is 8.51. The Balaban J connectivity index is 2.46. The second-order valence-corrected chi connectivity index (χ2v) is 4.13. The number of hydroxylamine groups is 1. The lowest BCUT2D eigenvalue weighted by Crippen LogP contribution is -2.14. The molecular weight excluding hydrogens is 254 g/mol. The van der Waals surface area contributed by atoms with Crippen LogP contribution in [-0.2, 0) is 4.79 Å². The maximum absolute atomic E-state index is 11.1. The summed E-state index contributed by atoms with van der Waals surface area (Å²) in [7, 11) is 1.61. The van der Waals surface area contributed by atoms with Crippen molar-refractivity contribution in [2.45, 2.75) is 0 Å². The standard InChI is InChI=1S/C16H15NO3/c1-20-14-9-7-13(8-10-16(18)17-19)15(11-14)12-5-3-2-4-6-12/h2-11,19H,1H3,(H,17,18)/b10-8+. The molecule has 0 saturated carbocycles. The van der Waals surface area contributed by atoms with Crippen LogP contribution in [0.1, 0.15) is 5.56 Å². The Bertz CT molecular complexity index is 621. The fraction of sp³-hybridized carbons (Fsp3) is 0.0625. The fourth-order valence-corrected chi connectivity index (χ4v) is 1.88. The van der Waals surface area contributed by atoms with E-state index in [1.165, 1.54) is 6.08 Å². The maximum Gasteiger partial charge on any atom is 0.267 e. The van der Waals surface area contributed by atoms with Crippen LogP contribution in [-0.4, -0.2) is 18.2 Å². The van der Waals surface area contributed by atoms with Gasteiger partial charge in [-0.2, -0.15) is 0 Å². The normalized spacial score (nSPS) is 10.5. The van der Waals surface area contributed by atoms with Gasteiger partial charge in [0, 0.05) is 6.08 Å². The Morgan fingerprint density at radius 3 is 2.60 bits per heavy atom. The van der Waals surface area contributed by atoms with E-state index >= 15 is 0 Å². The molecule has 2 aromatic carbocycles. The smallest absolute Gasteiger partial charge is 0.267 e. The highest BCUT2D eigenvalue weighted by atomic mass is 16.5. The molecule has 0 aromatic heterocycles. The van der Waals surface area contributed by atoms with E-state index in [0.29, 0.717) is 0 Å². The summed E-state index contributed by atoms with van der Waals surface area (Å²) in [4.78, 5) is 11.1. The van der Waals surface area contributed by atoms with E-state index in [1.807, 2.05) is 48.5 Å². The summed E-state index contributed by atoms with van der Waals surface area (Å²) >= 11 is 0. The second-order valence-electron chi connectivity index (χ2n) is 4.13. The van der Waals surface area contributed by atoms with Crippen molar-refractivity contribution < 1.29 is 14.7 Å². The molecule has 0 aliphatic carbocycles. The lowest BCUT2D eigenvalue weighted by Gasteiger charge is -2.09. The van der Waals surface area contributed by atoms with Gasteiger partial charge >= 0.3 is 0 Å². The van der Waals surface area contributed by atoms with Crippen LogP contribution < -0.4 is 10.2 Å². The molecule has 0 bridgehead atoms. The van der Waals surface area contributed by atoms with Crippen LogP contribution in [0, 0.1) is 0 Å². The Labute approximate surface area is 117 Å². The molecule has 0 radical (unpaired) electrons. The van der Waals surface area contributed by atoms with E-state index in [9.17, 15) is 4.79 Å². The molecule has 0 unspecified atom stereocenters. The summed E-state index contributed by atoms with van der Waals surface area (Å²) in [5.74, 6) is 0.174. The van der Waals surface area contributed by atoms with Crippen molar-refractivity contribution in [2.75, 3.05) is 7.11 Å². The van der Waals surface area contributed by atoms with Gasteiger partial charge in [-0.1, -0.05) is 36.4 Å². The van der Waals surface area contributed by atoms with Crippen molar-refractivity contribution in [1.82, 2.24) is 5.48 Å². The highest BCUT2D eigenvalue weighted by Crippen LogP contribution is 2.28. The number of rotatable bonds is 4. The predicted octanol–water partition coefficient (Wildman–Crippen LogP) is 2.88. The molecule has 2 rings (SSSR count). The SMILES string of the molecule is COc1ccc(/C=C/C(=O)NO)c(-c2ccccc2)c1.